The van der Waals surface area contributed by atoms with Gasteiger partial charge in [0.05, 0.1) is 0 Å². The molecule has 1 N–H and O–H groups in total. The second kappa shape index (κ2) is 6.44. The van der Waals surface area contributed by atoms with Gasteiger partial charge in [0.25, 0.3) is 0 Å². The Kier molecular flexibility index (Phi) is 4.40. The van der Waals surface area contributed by atoms with E-state index in [4.69, 9.17) is 0 Å². The fraction of sp³-hybridized carbons (Fsp3) is 0.400. The summed E-state index contributed by atoms with van der Waals surface area (Å²) in [5.41, 5.74) is 5.76. The molecule has 3 rings (SSSR count). The quantitative estimate of drug-likeness (QED) is 0.769. The lowest BCUT2D eigenvalue weighted by Crippen LogP contribution is -2.25. The number of benzene rings is 2. The van der Waals surface area contributed by atoms with E-state index in [-0.39, 0.29) is 0 Å². The van der Waals surface area contributed by atoms with Gasteiger partial charge in [-0.05, 0) is 49.8 Å². The predicted octanol–water partition coefficient (Wildman–Crippen LogP) is 5.11. The standard InChI is InChI=1S/C20H25N/c1-15-8-7-11-18(14-15)16(2)21-20-13-6-4-10-17-9-3-5-12-19(17)20/h3,5,7-9,11-12,14,16,20-21H,4,6,10,13H2,1-2H3/t16-,20?/m1/s1. The third kappa shape index (κ3) is 3.36. The minimum absolute atomic E-state index is 0.390. The third-order valence-electron chi connectivity index (χ3n) is 4.61. The SMILES string of the molecule is Cc1cccc([C@@H](C)NC2CCCCc3ccccc32)c1. The summed E-state index contributed by atoms with van der Waals surface area (Å²) >= 11 is 0. The van der Waals surface area contributed by atoms with Crippen LogP contribution < -0.4 is 5.32 Å². The molecule has 0 heterocycles. The molecule has 21 heavy (non-hydrogen) atoms. The molecule has 0 saturated carbocycles. The van der Waals surface area contributed by atoms with E-state index in [9.17, 15) is 0 Å². The summed E-state index contributed by atoms with van der Waals surface area (Å²) in [6.07, 6.45) is 5.10. The van der Waals surface area contributed by atoms with Crippen LogP contribution in [0, 0.1) is 6.92 Å². The molecule has 1 nitrogen and oxygen atoms in total. The molecule has 0 saturated heterocycles. The maximum Gasteiger partial charge on any atom is 0.0328 e. The highest BCUT2D eigenvalue weighted by Crippen LogP contribution is 2.30. The summed E-state index contributed by atoms with van der Waals surface area (Å²) in [4.78, 5) is 0. The highest BCUT2D eigenvalue weighted by Gasteiger charge is 2.20. The van der Waals surface area contributed by atoms with Gasteiger partial charge in [-0.15, -0.1) is 0 Å². The third-order valence-corrected chi connectivity index (χ3v) is 4.61. The molecular weight excluding hydrogens is 254 g/mol. The van der Waals surface area contributed by atoms with E-state index >= 15 is 0 Å². The largest absolute Gasteiger partial charge is 0.303 e. The molecule has 0 radical (unpaired) electrons. The maximum atomic E-state index is 3.86. The van der Waals surface area contributed by atoms with Crippen LogP contribution in [0.2, 0.25) is 0 Å². The minimum Gasteiger partial charge on any atom is -0.303 e. The lowest BCUT2D eigenvalue weighted by atomic mass is 9.97. The number of fused-ring (bicyclic) bond motifs is 1. The number of hydrogen-bond acceptors (Lipinski definition) is 1. The Bertz CT molecular complexity index is 602. The van der Waals surface area contributed by atoms with E-state index in [0.29, 0.717) is 12.1 Å². The van der Waals surface area contributed by atoms with Gasteiger partial charge in [-0.2, -0.15) is 0 Å². The number of hydrogen-bond donors (Lipinski definition) is 1. The van der Waals surface area contributed by atoms with Crippen LogP contribution in [0.5, 0.6) is 0 Å². The molecule has 2 aromatic carbocycles. The van der Waals surface area contributed by atoms with Crippen molar-refractivity contribution in [1.29, 1.82) is 0 Å². The molecule has 0 aliphatic heterocycles. The molecule has 0 fully saturated rings. The molecule has 0 amide bonds. The van der Waals surface area contributed by atoms with Gasteiger partial charge in [0.2, 0.25) is 0 Å². The van der Waals surface area contributed by atoms with Crippen molar-refractivity contribution >= 4 is 0 Å². The van der Waals surface area contributed by atoms with Crippen molar-refractivity contribution in [2.45, 2.75) is 51.6 Å². The van der Waals surface area contributed by atoms with E-state index in [1.807, 2.05) is 0 Å². The highest BCUT2D eigenvalue weighted by atomic mass is 14.9. The van der Waals surface area contributed by atoms with Crippen molar-refractivity contribution in [3.8, 4) is 0 Å². The van der Waals surface area contributed by atoms with Crippen molar-refractivity contribution in [1.82, 2.24) is 5.32 Å². The molecule has 2 atom stereocenters. The van der Waals surface area contributed by atoms with Gasteiger partial charge in [0, 0.05) is 12.1 Å². The first-order valence-corrected chi connectivity index (χ1v) is 8.14. The van der Waals surface area contributed by atoms with Gasteiger partial charge in [0.1, 0.15) is 0 Å². The van der Waals surface area contributed by atoms with E-state index in [0.717, 1.165) is 0 Å². The molecule has 1 unspecified atom stereocenters. The van der Waals surface area contributed by atoms with Crippen LogP contribution in [0.15, 0.2) is 48.5 Å². The summed E-state index contributed by atoms with van der Waals surface area (Å²) in [6, 6.07) is 18.7. The normalized spacial score (nSPS) is 19.6. The molecule has 0 aromatic heterocycles. The first-order valence-electron chi connectivity index (χ1n) is 8.14. The first kappa shape index (κ1) is 14.3. The van der Waals surface area contributed by atoms with Crippen LogP contribution in [-0.4, -0.2) is 0 Å². The lowest BCUT2D eigenvalue weighted by Gasteiger charge is -2.24. The molecule has 1 aliphatic rings. The number of rotatable bonds is 3. The zero-order chi connectivity index (χ0) is 14.7. The number of aryl methyl sites for hydroxylation is 2. The van der Waals surface area contributed by atoms with Crippen LogP contribution in [0.25, 0.3) is 0 Å². The van der Waals surface area contributed by atoms with Crippen LogP contribution in [0.1, 0.15) is 60.5 Å². The van der Waals surface area contributed by atoms with Crippen molar-refractivity contribution in [3.05, 3.63) is 70.8 Å². The van der Waals surface area contributed by atoms with Crippen LogP contribution >= 0.6 is 0 Å². The van der Waals surface area contributed by atoms with Crippen molar-refractivity contribution in [3.63, 3.8) is 0 Å². The van der Waals surface area contributed by atoms with E-state index in [2.05, 4.69) is 67.7 Å². The summed E-state index contributed by atoms with van der Waals surface area (Å²) in [5.74, 6) is 0. The van der Waals surface area contributed by atoms with Crippen molar-refractivity contribution in [2.24, 2.45) is 0 Å². The Balaban J connectivity index is 1.81. The fourth-order valence-corrected chi connectivity index (χ4v) is 3.43. The molecule has 2 aromatic rings. The number of nitrogens with one attached hydrogen (secondary N) is 1. The molecule has 1 heteroatoms. The van der Waals surface area contributed by atoms with Crippen molar-refractivity contribution < 1.29 is 0 Å². The van der Waals surface area contributed by atoms with Gasteiger partial charge in [-0.25, -0.2) is 0 Å². The van der Waals surface area contributed by atoms with E-state index in [1.165, 1.54) is 47.9 Å². The van der Waals surface area contributed by atoms with Gasteiger partial charge < -0.3 is 5.32 Å². The summed E-state index contributed by atoms with van der Waals surface area (Å²) in [7, 11) is 0. The lowest BCUT2D eigenvalue weighted by molar-refractivity contribution is 0.437. The second-order valence-corrected chi connectivity index (χ2v) is 6.30. The Labute approximate surface area is 128 Å². The molecule has 0 bridgehead atoms. The van der Waals surface area contributed by atoms with Crippen LogP contribution in [0.3, 0.4) is 0 Å². The Morgan fingerprint density at radius 1 is 1.05 bits per heavy atom. The van der Waals surface area contributed by atoms with Gasteiger partial charge in [-0.1, -0.05) is 60.5 Å². The maximum absolute atomic E-state index is 3.86. The van der Waals surface area contributed by atoms with Crippen molar-refractivity contribution in [2.75, 3.05) is 0 Å². The zero-order valence-electron chi connectivity index (χ0n) is 13.1. The summed E-state index contributed by atoms with van der Waals surface area (Å²) < 4.78 is 0. The monoisotopic (exact) mass is 279 g/mol. The molecular formula is C20H25N. The second-order valence-electron chi connectivity index (χ2n) is 6.30. The van der Waals surface area contributed by atoms with Crippen LogP contribution in [0.4, 0.5) is 0 Å². The zero-order valence-corrected chi connectivity index (χ0v) is 13.1. The predicted molar refractivity (Wildman–Crippen MR) is 89.5 cm³/mol. The Hall–Kier alpha value is -1.60. The highest BCUT2D eigenvalue weighted by molar-refractivity contribution is 5.32. The Morgan fingerprint density at radius 3 is 2.76 bits per heavy atom. The van der Waals surface area contributed by atoms with Gasteiger partial charge >= 0.3 is 0 Å². The molecule has 1 aliphatic carbocycles. The average Bonchev–Trinajstić information content (AvgIpc) is 2.70. The summed E-state index contributed by atoms with van der Waals surface area (Å²) in [6.45, 7) is 4.44. The minimum atomic E-state index is 0.390. The first-order chi connectivity index (χ1) is 10.2. The van der Waals surface area contributed by atoms with E-state index < -0.39 is 0 Å². The average molecular weight is 279 g/mol. The smallest absolute Gasteiger partial charge is 0.0328 e. The van der Waals surface area contributed by atoms with Gasteiger partial charge in [-0.3, -0.25) is 0 Å². The Morgan fingerprint density at radius 2 is 1.90 bits per heavy atom. The van der Waals surface area contributed by atoms with Gasteiger partial charge in [0.15, 0.2) is 0 Å². The fourth-order valence-electron chi connectivity index (χ4n) is 3.43. The van der Waals surface area contributed by atoms with E-state index in [1.54, 1.807) is 0 Å². The molecule has 110 valence electrons. The van der Waals surface area contributed by atoms with Crippen LogP contribution in [-0.2, 0) is 6.42 Å². The summed E-state index contributed by atoms with van der Waals surface area (Å²) in [5, 5.41) is 3.86. The topological polar surface area (TPSA) is 12.0 Å². The molecule has 0 spiro atoms.